The van der Waals surface area contributed by atoms with Gasteiger partial charge in [-0.3, -0.25) is 0 Å². The van der Waals surface area contributed by atoms with Crippen LogP contribution in [0.4, 0.5) is 5.95 Å². The third kappa shape index (κ3) is 2.37. The van der Waals surface area contributed by atoms with Gasteiger partial charge in [-0.2, -0.15) is 0 Å². The smallest absolute Gasteiger partial charge is 0.203 e. The predicted molar refractivity (Wildman–Crippen MR) is 78.5 cm³/mol. The van der Waals surface area contributed by atoms with E-state index in [1.165, 1.54) is 11.1 Å². The minimum absolute atomic E-state index is 0.385. The molecular formula is C16H21N3. The summed E-state index contributed by atoms with van der Waals surface area (Å²) in [5.41, 5.74) is 3.84. The Morgan fingerprint density at radius 2 is 2.00 bits per heavy atom. The lowest BCUT2D eigenvalue weighted by Crippen LogP contribution is -2.21. The van der Waals surface area contributed by atoms with Crippen LogP contribution < -0.4 is 5.32 Å². The zero-order valence-corrected chi connectivity index (χ0v) is 11.9. The van der Waals surface area contributed by atoms with Crippen molar-refractivity contribution in [2.45, 2.75) is 45.7 Å². The predicted octanol–water partition coefficient (Wildman–Crippen LogP) is 3.87. The lowest BCUT2D eigenvalue weighted by molar-refractivity contribution is 0.542. The van der Waals surface area contributed by atoms with Crippen LogP contribution in [0.2, 0.25) is 0 Å². The molecule has 100 valence electrons. The standard InChI is InChI=1S/C16H21N3/c1-11(2)13-4-6-14(7-5-13)15-8-9-19-10-12(3)17-16(19)18-15/h4-7,10-11,15H,8-9H2,1-3H3,(H,17,18). The summed E-state index contributed by atoms with van der Waals surface area (Å²) in [5, 5.41) is 3.53. The highest BCUT2D eigenvalue weighted by molar-refractivity contribution is 5.37. The van der Waals surface area contributed by atoms with Crippen molar-refractivity contribution in [3.05, 3.63) is 47.3 Å². The zero-order chi connectivity index (χ0) is 13.4. The molecule has 3 heteroatoms. The maximum atomic E-state index is 4.52. The van der Waals surface area contributed by atoms with Crippen LogP contribution in [0.25, 0.3) is 0 Å². The van der Waals surface area contributed by atoms with Gasteiger partial charge in [-0.05, 0) is 30.4 Å². The number of benzene rings is 1. The fourth-order valence-corrected chi connectivity index (χ4v) is 2.69. The molecule has 0 spiro atoms. The van der Waals surface area contributed by atoms with Crippen molar-refractivity contribution < 1.29 is 0 Å². The van der Waals surface area contributed by atoms with Crippen molar-refractivity contribution >= 4 is 5.95 Å². The first kappa shape index (κ1) is 12.3. The second-order valence-electron chi connectivity index (χ2n) is 5.71. The van der Waals surface area contributed by atoms with Crippen molar-refractivity contribution in [1.29, 1.82) is 0 Å². The van der Waals surface area contributed by atoms with Gasteiger partial charge in [0, 0.05) is 12.7 Å². The Hall–Kier alpha value is -1.77. The summed E-state index contributed by atoms with van der Waals surface area (Å²) in [6.07, 6.45) is 3.23. The van der Waals surface area contributed by atoms with Gasteiger partial charge in [0.05, 0.1) is 11.7 Å². The molecule has 2 heterocycles. The van der Waals surface area contributed by atoms with Crippen LogP contribution in [0.3, 0.4) is 0 Å². The number of imidazole rings is 1. The van der Waals surface area contributed by atoms with Crippen molar-refractivity contribution in [2.75, 3.05) is 5.32 Å². The molecule has 1 N–H and O–H groups in total. The summed E-state index contributed by atoms with van der Waals surface area (Å²) in [6.45, 7) is 7.54. The average molecular weight is 255 g/mol. The monoisotopic (exact) mass is 255 g/mol. The normalized spacial score (nSPS) is 18.2. The Morgan fingerprint density at radius 3 is 2.68 bits per heavy atom. The van der Waals surface area contributed by atoms with E-state index in [0.29, 0.717) is 12.0 Å². The van der Waals surface area contributed by atoms with E-state index in [4.69, 9.17) is 0 Å². The van der Waals surface area contributed by atoms with E-state index in [9.17, 15) is 0 Å². The Balaban J connectivity index is 1.80. The number of fused-ring (bicyclic) bond motifs is 1. The highest BCUT2D eigenvalue weighted by atomic mass is 15.2. The highest BCUT2D eigenvalue weighted by Crippen LogP contribution is 2.29. The molecule has 0 amide bonds. The number of rotatable bonds is 2. The van der Waals surface area contributed by atoms with Crippen LogP contribution in [0, 0.1) is 6.92 Å². The first-order valence-corrected chi connectivity index (χ1v) is 7.03. The number of nitrogens with zero attached hydrogens (tertiary/aromatic N) is 2. The summed E-state index contributed by atoms with van der Waals surface area (Å²) in [7, 11) is 0. The Bertz CT molecular complexity index is 566. The van der Waals surface area contributed by atoms with Gasteiger partial charge in [-0.15, -0.1) is 0 Å². The molecule has 1 aromatic heterocycles. The van der Waals surface area contributed by atoms with Gasteiger partial charge < -0.3 is 9.88 Å². The van der Waals surface area contributed by atoms with E-state index >= 15 is 0 Å². The van der Waals surface area contributed by atoms with Crippen LogP contribution in [0.1, 0.15) is 49.0 Å². The molecule has 0 saturated heterocycles. The highest BCUT2D eigenvalue weighted by Gasteiger charge is 2.20. The van der Waals surface area contributed by atoms with Crippen molar-refractivity contribution in [2.24, 2.45) is 0 Å². The topological polar surface area (TPSA) is 29.9 Å². The fourth-order valence-electron chi connectivity index (χ4n) is 2.69. The minimum Gasteiger partial charge on any atom is -0.349 e. The lowest BCUT2D eigenvalue weighted by atomic mass is 9.97. The SMILES string of the molecule is Cc1cn2c(n1)NC(c1ccc(C(C)C)cc1)CC2. The first-order chi connectivity index (χ1) is 9.13. The van der Waals surface area contributed by atoms with E-state index in [2.05, 4.69) is 59.2 Å². The summed E-state index contributed by atoms with van der Waals surface area (Å²) in [5.74, 6) is 1.59. The molecule has 1 aliphatic rings. The fraction of sp³-hybridized carbons (Fsp3) is 0.438. The Morgan fingerprint density at radius 1 is 1.26 bits per heavy atom. The molecule has 19 heavy (non-hydrogen) atoms. The molecule has 0 aliphatic carbocycles. The number of aryl methyl sites for hydroxylation is 2. The number of hydrogen-bond donors (Lipinski definition) is 1. The largest absolute Gasteiger partial charge is 0.349 e. The molecule has 1 unspecified atom stereocenters. The molecule has 1 aliphatic heterocycles. The Labute approximate surface area is 114 Å². The maximum Gasteiger partial charge on any atom is 0.203 e. The third-order valence-electron chi connectivity index (χ3n) is 3.86. The van der Waals surface area contributed by atoms with Gasteiger partial charge in [0.1, 0.15) is 0 Å². The number of anilines is 1. The van der Waals surface area contributed by atoms with Crippen molar-refractivity contribution in [3.63, 3.8) is 0 Å². The molecule has 1 atom stereocenters. The van der Waals surface area contributed by atoms with Crippen LogP contribution in [0.5, 0.6) is 0 Å². The summed E-state index contributed by atoms with van der Waals surface area (Å²) in [6, 6.07) is 9.37. The zero-order valence-electron chi connectivity index (χ0n) is 11.9. The Kier molecular flexibility index (Phi) is 3.05. The first-order valence-electron chi connectivity index (χ1n) is 7.03. The quantitative estimate of drug-likeness (QED) is 0.882. The second kappa shape index (κ2) is 4.72. The number of hydrogen-bond acceptors (Lipinski definition) is 2. The van der Waals surface area contributed by atoms with Crippen molar-refractivity contribution in [1.82, 2.24) is 9.55 Å². The van der Waals surface area contributed by atoms with Gasteiger partial charge in [0.25, 0.3) is 0 Å². The molecule has 3 rings (SSSR count). The van der Waals surface area contributed by atoms with Gasteiger partial charge in [-0.1, -0.05) is 38.1 Å². The average Bonchev–Trinajstić information content (AvgIpc) is 2.77. The van der Waals surface area contributed by atoms with E-state index in [1.54, 1.807) is 0 Å². The van der Waals surface area contributed by atoms with E-state index in [1.807, 2.05) is 6.92 Å². The molecule has 2 aromatic rings. The van der Waals surface area contributed by atoms with Gasteiger partial charge in [0.15, 0.2) is 0 Å². The summed E-state index contributed by atoms with van der Waals surface area (Å²) in [4.78, 5) is 4.52. The van der Waals surface area contributed by atoms with Gasteiger partial charge in [0.2, 0.25) is 5.95 Å². The second-order valence-corrected chi connectivity index (χ2v) is 5.71. The molecule has 0 saturated carbocycles. The molecule has 0 radical (unpaired) electrons. The summed E-state index contributed by atoms with van der Waals surface area (Å²) >= 11 is 0. The van der Waals surface area contributed by atoms with Crippen LogP contribution in [0.15, 0.2) is 30.5 Å². The van der Waals surface area contributed by atoms with E-state index < -0.39 is 0 Å². The summed E-state index contributed by atoms with van der Waals surface area (Å²) < 4.78 is 2.20. The number of aromatic nitrogens is 2. The van der Waals surface area contributed by atoms with Crippen LogP contribution in [-0.2, 0) is 6.54 Å². The van der Waals surface area contributed by atoms with E-state index in [0.717, 1.165) is 24.6 Å². The third-order valence-corrected chi connectivity index (χ3v) is 3.86. The van der Waals surface area contributed by atoms with Crippen molar-refractivity contribution in [3.8, 4) is 0 Å². The lowest BCUT2D eigenvalue weighted by Gasteiger charge is -2.26. The number of nitrogens with one attached hydrogen (secondary N) is 1. The minimum atomic E-state index is 0.385. The van der Waals surface area contributed by atoms with Crippen LogP contribution in [-0.4, -0.2) is 9.55 Å². The van der Waals surface area contributed by atoms with Gasteiger partial charge in [-0.25, -0.2) is 4.98 Å². The van der Waals surface area contributed by atoms with E-state index in [-0.39, 0.29) is 0 Å². The molecule has 0 bridgehead atoms. The molecule has 0 fully saturated rings. The molecule has 3 nitrogen and oxygen atoms in total. The maximum absolute atomic E-state index is 4.52. The van der Waals surface area contributed by atoms with Crippen LogP contribution >= 0.6 is 0 Å². The van der Waals surface area contributed by atoms with Gasteiger partial charge >= 0.3 is 0 Å². The molecular weight excluding hydrogens is 234 g/mol. The molecule has 1 aromatic carbocycles.